The molecule has 0 aliphatic carbocycles. The van der Waals surface area contributed by atoms with Gasteiger partial charge in [0.2, 0.25) is 0 Å². The van der Waals surface area contributed by atoms with Crippen molar-refractivity contribution in [1.29, 1.82) is 0 Å². The first kappa shape index (κ1) is 16.1. The Bertz CT molecular complexity index is 640. The molecule has 1 rings (SSSR count). The van der Waals surface area contributed by atoms with Crippen molar-refractivity contribution in [3.63, 3.8) is 0 Å². The molecule has 0 bridgehead atoms. The highest BCUT2D eigenvalue weighted by atomic mass is 32.2. The Morgan fingerprint density at radius 2 is 2.10 bits per heavy atom. The third-order valence-electron chi connectivity index (χ3n) is 2.43. The van der Waals surface area contributed by atoms with Crippen LogP contribution in [0, 0.1) is 10.1 Å². The highest BCUT2D eigenvalue weighted by molar-refractivity contribution is 7.92. The van der Waals surface area contributed by atoms with E-state index < -0.39 is 14.7 Å². The molecule has 0 radical (unpaired) electrons. The molecule has 7 nitrogen and oxygen atoms in total. The normalized spacial score (nSPS) is 10.9. The minimum absolute atomic E-state index is 0.161. The van der Waals surface area contributed by atoms with Gasteiger partial charge >= 0.3 is 0 Å². The number of nitro groups is 1. The Labute approximate surface area is 117 Å². The molecule has 8 heteroatoms. The summed E-state index contributed by atoms with van der Waals surface area (Å²) < 4.78 is 15.3. The molecule has 0 fully saturated rings. The Kier molecular flexibility index (Phi) is 5.20. The topological polar surface area (TPSA) is 102 Å². The van der Waals surface area contributed by atoms with Gasteiger partial charge in [0.1, 0.15) is 5.69 Å². The maximum atomic E-state index is 11.4. The third-order valence-corrected chi connectivity index (χ3v) is 3.23. The first-order chi connectivity index (χ1) is 9.20. The monoisotopic (exact) mass is 299 g/mol. The number of nitro benzene ring substituents is 1. The molecular formula is C12H17N3O4S. The number of anilines is 1. The second kappa shape index (κ2) is 6.47. The van der Waals surface area contributed by atoms with Gasteiger partial charge < -0.3 is 5.32 Å². The van der Waals surface area contributed by atoms with Gasteiger partial charge in [0.15, 0.2) is 5.78 Å². The zero-order chi connectivity index (χ0) is 15.3. The smallest absolute Gasteiger partial charge is 0.293 e. The van der Waals surface area contributed by atoms with E-state index >= 15 is 0 Å². The summed E-state index contributed by atoms with van der Waals surface area (Å²) in [5.74, 6) is -0.230. The molecule has 0 saturated carbocycles. The van der Waals surface area contributed by atoms with Crippen molar-refractivity contribution >= 4 is 26.9 Å². The molecule has 0 aliphatic rings. The molecule has 1 aromatic carbocycles. The van der Waals surface area contributed by atoms with E-state index in [4.69, 9.17) is 0 Å². The maximum absolute atomic E-state index is 11.4. The lowest BCUT2D eigenvalue weighted by atomic mass is 10.1. The fraction of sp³-hybridized carbons (Fsp3) is 0.417. The molecule has 110 valence electrons. The molecule has 0 spiro atoms. The third kappa shape index (κ3) is 4.96. The van der Waals surface area contributed by atoms with Crippen LogP contribution in [-0.4, -0.2) is 40.5 Å². The molecule has 0 saturated heterocycles. The van der Waals surface area contributed by atoms with E-state index in [-0.39, 0.29) is 23.6 Å². The van der Waals surface area contributed by atoms with Gasteiger partial charge in [-0.05, 0) is 19.1 Å². The summed E-state index contributed by atoms with van der Waals surface area (Å²) in [5, 5.41) is 13.8. The van der Waals surface area contributed by atoms with E-state index in [0.29, 0.717) is 12.2 Å². The number of benzene rings is 1. The number of hydrogen-bond acceptors (Lipinski definition) is 6. The average Bonchev–Trinajstić information content (AvgIpc) is 2.33. The van der Waals surface area contributed by atoms with E-state index in [1.165, 1.54) is 37.6 Å². The van der Waals surface area contributed by atoms with Crippen molar-refractivity contribution in [2.75, 3.05) is 30.9 Å². The van der Waals surface area contributed by atoms with Crippen LogP contribution in [0.5, 0.6) is 0 Å². The van der Waals surface area contributed by atoms with Crippen molar-refractivity contribution < 1.29 is 13.9 Å². The number of nitrogens with zero attached hydrogens (tertiary/aromatic N) is 2. The van der Waals surface area contributed by atoms with Gasteiger partial charge in [-0.25, -0.2) is 4.36 Å². The number of carbonyl (C=O) groups is 1. The summed E-state index contributed by atoms with van der Waals surface area (Å²) in [6, 6.07) is 4.26. The summed E-state index contributed by atoms with van der Waals surface area (Å²) in [6.45, 7) is 1.97. The predicted molar refractivity (Wildman–Crippen MR) is 78.9 cm³/mol. The molecule has 1 N–H and O–H groups in total. The van der Waals surface area contributed by atoms with Gasteiger partial charge in [-0.2, -0.15) is 0 Å². The molecule has 0 heterocycles. The van der Waals surface area contributed by atoms with Crippen LogP contribution in [0.4, 0.5) is 11.4 Å². The zero-order valence-corrected chi connectivity index (χ0v) is 12.4. The van der Waals surface area contributed by atoms with Crippen LogP contribution in [0.1, 0.15) is 17.3 Å². The standard InChI is InChI=1S/C12H17N3O4S/c1-9(16)10-4-5-11(12(8-10)15(17)18)13-6-7-14-20(2,3)19/h4-5,8,13H,6-7H2,1-3H3. The van der Waals surface area contributed by atoms with Gasteiger partial charge in [-0.15, -0.1) is 0 Å². The van der Waals surface area contributed by atoms with Crippen LogP contribution < -0.4 is 5.32 Å². The van der Waals surface area contributed by atoms with Gasteiger partial charge in [0, 0.05) is 40.4 Å². The summed E-state index contributed by atoms with van der Waals surface area (Å²) in [7, 11) is -2.17. The minimum Gasteiger partial charge on any atom is -0.378 e. The predicted octanol–water partition coefficient (Wildman–Crippen LogP) is 1.94. The Morgan fingerprint density at radius 1 is 1.45 bits per heavy atom. The highest BCUT2D eigenvalue weighted by Gasteiger charge is 2.15. The van der Waals surface area contributed by atoms with Gasteiger partial charge in [0.25, 0.3) is 5.69 Å². The SMILES string of the molecule is CC(=O)c1ccc(NCCN=S(C)(C)=O)c([N+](=O)[O-])c1. The van der Waals surface area contributed by atoms with Gasteiger partial charge in [-0.1, -0.05) is 0 Å². The second-order valence-corrected chi connectivity index (χ2v) is 7.13. The number of rotatable bonds is 6. The maximum Gasteiger partial charge on any atom is 0.293 e. The van der Waals surface area contributed by atoms with Crippen molar-refractivity contribution in [1.82, 2.24) is 0 Å². The highest BCUT2D eigenvalue weighted by Crippen LogP contribution is 2.25. The van der Waals surface area contributed by atoms with Crippen molar-refractivity contribution in [2.45, 2.75) is 6.92 Å². The molecule has 1 aromatic rings. The van der Waals surface area contributed by atoms with Crippen molar-refractivity contribution in [2.24, 2.45) is 4.36 Å². The number of carbonyl (C=O) groups excluding carboxylic acids is 1. The number of nitrogens with one attached hydrogen (secondary N) is 1. The lowest BCUT2D eigenvalue weighted by Crippen LogP contribution is -2.09. The van der Waals surface area contributed by atoms with Gasteiger partial charge in [-0.3, -0.25) is 19.1 Å². The van der Waals surface area contributed by atoms with Crippen LogP contribution in [0.15, 0.2) is 22.6 Å². The van der Waals surface area contributed by atoms with Crippen LogP contribution in [0.2, 0.25) is 0 Å². The van der Waals surface area contributed by atoms with Crippen LogP contribution in [-0.2, 0) is 9.73 Å². The largest absolute Gasteiger partial charge is 0.378 e. The van der Waals surface area contributed by atoms with Crippen LogP contribution in [0.3, 0.4) is 0 Å². The number of hydrogen-bond donors (Lipinski definition) is 1. The fourth-order valence-electron chi connectivity index (χ4n) is 1.51. The van der Waals surface area contributed by atoms with E-state index in [0.717, 1.165) is 0 Å². The summed E-state index contributed by atoms with van der Waals surface area (Å²) in [4.78, 5) is 21.6. The number of Topliss-reactive ketones (excluding diaryl/α,β-unsaturated/α-hetero) is 1. The van der Waals surface area contributed by atoms with Crippen molar-refractivity contribution in [3.8, 4) is 0 Å². The van der Waals surface area contributed by atoms with E-state index in [1.54, 1.807) is 0 Å². The minimum atomic E-state index is -2.17. The number of ketones is 1. The Morgan fingerprint density at radius 3 is 2.60 bits per heavy atom. The Balaban J connectivity index is 2.87. The van der Waals surface area contributed by atoms with E-state index in [9.17, 15) is 19.1 Å². The van der Waals surface area contributed by atoms with Crippen LogP contribution in [0.25, 0.3) is 0 Å². The average molecular weight is 299 g/mol. The fourth-order valence-corrected chi connectivity index (χ4v) is 2.04. The molecule has 20 heavy (non-hydrogen) atoms. The lowest BCUT2D eigenvalue weighted by Gasteiger charge is -2.07. The summed E-state index contributed by atoms with van der Waals surface area (Å²) in [6.07, 6.45) is 3.05. The second-order valence-electron chi connectivity index (χ2n) is 4.51. The molecule has 0 atom stereocenters. The van der Waals surface area contributed by atoms with Crippen molar-refractivity contribution in [3.05, 3.63) is 33.9 Å². The summed E-state index contributed by atoms with van der Waals surface area (Å²) in [5.41, 5.74) is 0.442. The molecule has 0 unspecified atom stereocenters. The summed E-state index contributed by atoms with van der Waals surface area (Å²) >= 11 is 0. The lowest BCUT2D eigenvalue weighted by molar-refractivity contribution is -0.384. The van der Waals surface area contributed by atoms with Gasteiger partial charge in [0.05, 0.1) is 11.5 Å². The van der Waals surface area contributed by atoms with Crippen LogP contribution >= 0.6 is 0 Å². The quantitative estimate of drug-likeness (QED) is 0.374. The first-order valence-electron chi connectivity index (χ1n) is 5.87. The molecule has 0 aromatic heterocycles. The Hall–Kier alpha value is -1.96. The zero-order valence-electron chi connectivity index (χ0n) is 11.6. The first-order valence-corrected chi connectivity index (χ1v) is 8.20. The van der Waals surface area contributed by atoms with E-state index in [1.807, 2.05) is 0 Å². The molecule has 0 amide bonds. The molecule has 0 aliphatic heterocycles. The van der Waals surface area contributed by atoms with E-state index in [2.05, 4.69) is 9.68 Å². The molecular weight excluding hydrogens is 282 g/mol.